The minimum atomic E-state index is -0.0669. The second-order valence-electron chi connectivity index (χ2n) is 6.62. The molecule has 1 saturated carbocycles. The van der Waals surface area contributed by atoms with E-state index >= 15 is 0 Å². The van der Waals surface area contributed by atoms with Crippen molar-refractivity contribution in [2.24, 2.45) is 0 Å². The van der Waals surface area contributed by atoms with E-state index in [1.807, 2.05) is 18.2 Å². The number of nitrogens with zero attached hydrogens (tertiary/aromatic N) is 2. The molecule has 3 rings (SSSR count). The highest BCUT2D eigenvalue weighted by atomic mass is 16.1. The van der Waals surface area contributed by atoms with E-state index in [4.69, 9.17) is 0 Å². The Kier molecular flexibility index (Phi) is 6.37. The lowest BCUT2D eigenvalue weighted by atomic mass is 10.1. The number of nitrogens with one attached hydrogen (secondary N) is 2. The Morgan fingerprint density at radius 1 is 1.00 bits per heavy atom. The maximum atomic E-state index is 12.3. The van der Waals surface area contributed by atoms with E-state index in [-0.39, 0.29) is 5.91 Å². The van der Waals surface area contributed by atoms with Crippen LogP contribution in [0.1, 0.15) is 54.4 Å². The van der Waals surface area contributed by atoms with Crippen LogP contribution in [0.3, 0.4) is 0 Å². The van der Waals surface area contributed by atoms with Gasteiger partial charge in [0.15, 0.2) is 0 Å². The van der Waals surface area contributed by atoms with Gasteiger partial charge in [0, 0.05) is 25.0 Å². The molecule has 0 aliphatic heterocycles. The van der Waals surface area contributed by atoms with Crippen LogP contribution in [0.5, 0.6) is 0 Å². The molecule has 1 fully saturated rings. The van der Waals surface area contributed by atoms with Gasteiger partial charge in [0.1, 0.15) is 0 Å². The van der Waals surface area contributed by atoms with E-state index in [2.05, 4.69) is 32.7 Å². The molecule has 1 aromatic heterocycles. The van der Waals surface area contributed by atoms with Gasteiger partial charge in [0.2, 0.25) is 5.95 Å². The van der Waals surface area contributed by atoms with Crippen molar-refractivity contribution in [1.82, 2.24) is 15.3 Å². The molecule has 1 heterocycles. The van der Waals surface area contributed by atoms with Crippen LogP contribution in [0.4, 0.5) is 5.95 Å². The molecule has 5 nitrogen and oxygen atoms in total. The second kappa shape index (κ2) is 9.16. The third kappa shape index (κ3) is 5.55. The first-order valence-electron chi connectivity index (χ1n) is 9.22. The summed E-state index contributed by atoms with van der Waals surface area (Å²) in [5.74, 6) is 0.490. The first kappa shape index (κ1) is 17.4. The number of carbonyl (C=O) groups excluding carboxylic acids is 1. The topological polar surface area (TPSA) is 66.9 Å². The molecule has 132 valence electrons. The molecule has 0 saturated heterocycles. The minimum absolute atomic E-state index is 0.0669. The molecular weight excluding hydrogens is 312 g/mol. The molecule has 0 atom stereocenters. The summed E-state index contributed by atoms with van der Waals surface area (Å²) in [4.78, 5) is 20.8. The van der Waals surface area contributed by atoms with Gasteiger partial charge in [-0.3, -0.25) is 4.79 Å². The number of benzene rings is 1. The van der Waals surface area contributed by atoms with Gasteiger partial charge in [0.25, 0.3) is 5.91 Å². The molecule has 1 amide bonds. The molecular formula is C20H26N4O. The van der Waals surface area contributed by atoms with E-state index < -0.39 is 0 Å². The standard InChI is InChI=1S/C20H26N4O/c25-19(24-18-10-6-1-2-7-11-18)17-14-22-20(23-15-17)21-13-12-16-8-4-3-5-9-16/h3-5,8-9,14-15,18H,1-2,6-7,10-13H2,(H,24,25)(H,21,22,23). The molecule has 0 spiro atoms. The number of amides is 1. The third-order valence-corrected chi connectivity index (χ3v) is 4.64. The van der Waals surface area contributed by atoms with Crippen LogP contribution >= 0.6 is 0 Å². The van der Waals surface area contributed by atoms with Crippen LogP contribution in [0.25, 0.3) is 0 Å². The fourth-order valence-electron chi connectivity index (χ4n) is 3.19. The second-order valence-corrected chi connectivity index (χ2v) is 6.62. The summed E-state index contributed by atoms with van der Waals surface area (Å²) in [5, 5.41) is 6.31. The highest BCUT2D eigenvalue weighted by molar-refractivity contribution is 5.93. The quantitative estimate of drug-likeness (QED) is 0.790. The Labute approximate surface area is 149 Å². The van der Waals surface area contributed by atoms with E-state index in [1.165, 1.54) is 31.2 Å². The molecule has 0 unspecified atom stereocenters. The lowest BCUT2D eigenvalue weighted by Gasteiger charge is -2.16. The highest BCUT2D eigenvalue weighted by Gasteiger charge is 2.16. The average Bonchev–Trinajstić information content (AvgIpc) is 2.92. The zero-order valence-electron chi connectivity index (χ0n) is 14.6. The first-order chi connectivity index (χ1) is 12.3. The summed E-state index contributed by atoms with van der Waals surface area (Å²) < 4.78 is 0. The van der Waals surface area contributed by atoms with Gasteiger partial charge in [-0.2, -0.15) is 0 Å². The normalized spacial score (nSPS) is 15.4. The average molecular weight is 338 g/mol. The van der Waals surface area contributed by atoms with Gasteiger partial charge in [-0.05, 0) is 24.8 Å². The SMILES string of the molecule is O=C(NC1CCCCCC1)c1cnc(NCCc2ccccc2)nc1. The van der Waals surface area contributed by atoms with Crippen molar-refractivity contribution < 1.29 is 4.79 Å². The van der Waals surface area contributed by atoms with Crippen LogP contribution < -0.4 is 10.6 Å². The number of hydrogen-bond donors (Lipinski definition) is 2. The molecule has 0 bridgehead atoms. The van der Waals surface area contributed by atoms with Gasteiger partial charge in [-0.1, -0.05) is 56.0 Å². The Hall–Kier alpha value is -2.43. The van der Waals surface area contributed by atoms with Crippen molar-refractivity contribution in [3.05, 3.63) is 53.9 Å². The predicted octanol–water partition coefficient (Wildman–Crippen LogP) is 3.58. The van der Waals surface area contributed by atoms with Crippen LogP contribution in [0, 0.1) is 0 Å². The zero-order chi connectivity index (χ0) is 17.3. The fourth-order valence-corrected chi connectivity index (χ4v) is 3.19. The molecule has 0 radical (unpaired) electrons. The Balaban J connectivity index is 1.46. The Morgan fingerprint density at radius 3 is 2.36 bits per heavy atom. The number of hydrogen-bond acceptors (Lipinski definition) is 4. The first-order valence-corrected chi connectivity index (χ1v) is 9.22. The van der Waals surface area contributed by atoms with Crippen molar-refractivity contribution in [3.63, 3.8) is 0 Å². The van der Waals surface area contributed by atoms with Crippen molar-refractivity contribution in [2.45, 2.75) is 51.0 Å². The number of carbonyl (C=O) groups is 1. The fraction of sp³-hybridized carbons (Fsp3) is 0.450. The summed E-state index contributed by atoms with van der Waals surface area (Å²) in [7, 11) is 0. The Morgan fingerprint density at radius 2 is 1.68 bits per heavy atom. The van der Waals surface area contributed by atoms with Crippen molar-refractivity contribution in [1.29, 1.82) is 0 Å². The summed E-state index contributed by atoms with van der Waals surface area (Å²) in [6.07, 6.45) is 11.2. The van der Waals surface area contributed by atoms with Gasteiger partial charge >= 0.3 is 0 Å². The molecule has 5 heteroatoms. The zero-order valence-corrected chi connectivity index (χ0v) is 14.6. The van der Waals surface area contributed by atoms with Gasteiger partial charge in [-0.15, -0.1) is 0 Å². The largest absolute Gasteiger partial charge is 0.354 e. The third-order valence-electron chi connectivity index (χ3n) is 4.64. The van der Waals surface area contributed by atoms with Crippen molar-refractivity contribution in [2.75, 3.05) is 11.9 Å². The summed E-state index contributed by atoms with van der Waals surface area (Å²) >= 11 is 0. The maximum Gasteiger partial charge on any atom is 0.254 e. The molecule has 25 heavy (non-hydrogen) atoms. The van der Waals surface area contributed by atoms with Crippen LogP contribution in [-0.4, -0.2) is 28.5 Å². The molecule has 1 aromatic carbocycles. The van der Waals surface area contributed by atoms with E-state index in [0.29, 0.717) is 17.6 Å². The number of aromatic nitrogens is 2. The molecule has 2 aromatic rings. The number of anilines is 1. The summed E-state index contributed by atoms with van der Waals surface area (Å²) in [5.41, 5.74) is 1.80. The van der Waals surface area contributed by atoms with Gasteiger partial charge in [-0.25, -0.2) is 9.97 Å². The molecule has 1 aliphatic carbocycles. The van der Waals surface area contributed by atoms with Gasteiger partial charge < -0.3 is 10.6 Å². The van der Waals surface area contributed by atoms with Crippen LogP contribution in [0.15, 0.2) is 42.7 Å². The van der Waals surface area contributed by atoms with E-state index in [1.54, 1.807) is 12.4 Å². The van der Waals surface area contributed by atoms with E-state index in [9.17, 15) is 4.79 Å². The monoisotopic (exact) mass is 338 g/mol. The lowest BCUT2D eigenvalue weighted by Crippen LogP contribution is -2.34. The van der Waals surface area contributed by atoms with Crippen LogP contribution in [-0.2, 0) is 6.42 Å². The van der Waals surface area contributed by atoms with Crippen LogP contribution in [0.2, 0.25) is 0 Å². The van der Waals surface area contributed by atoms with Crippen molar-refractivity contribution in [3.8, 4) is 0 Å². The summed E-state index contributed by atoms with van der Waals surface area (Å²) in [6.45, 7) is 0.762. The van der Waals surface area contributed by atoms with Crippen molar-refractivity contribution >= 4 is 11.9 Å². The number of rotatable bonds is 6. The van der Waals surface area contributed by atoms with E-state index in [0.717, 1.165) is 25.8 Å². The maximum absolute atomic E-state index is 12.3. The van der Waals surface area contributed by atoms with Gasteiger partial charge in [0.05, 0.1) is 5.56 Å². The molecule has 1 aliphatic rings. The Bertz CT molecular complexity index is 649. The summed E-state index contributed by atoms with van der Waals surface area (Å²) in [6, 6.07) is 10.6. The smallest absolute Gasteiger partial charge is 0.254 e. The lowest BCUT2D eigenvalue weighted by molar-refractivity contribution is 0.0932. The minimum Gasteiger partial charge on any atom is -0.354 e. The highest BCUT2D eigenvalue weighted by Crippen LogP contribution is 2.17. The predicted molar refractivity (Wildman–Crippen MR) is 99.6 cm³/mol. The molecule has 2 N–H and O–H groups in total.